The molecule has 0 saturated heterocycles. The summed E-state index contributed by atoms with van der Waals surface area (Å²) in [4.78, 5) is 15.6. The topological polar surface area (TPSA) is 65.2 Å². The monoisotopic (exact) mass is 272 g/mol. The number of anilines is 1. The lowest BCUT2D eigenvalue weighted by molar-refractivity contribution is 0.00706. The molecule has 0 aromatic carbocycles. The highest BCUT2D eigenvalue weighted by Crippen LogP contribution is 2.22. The van der Waals surface area contributed by atoms with Gasteiger partial charge in [0, 0.05) is 6.20 Å². The number of hydrogen-bond acceptors (Lipinski definition) is 4. The predicted octanol–water partition coefficient (Wildman–Crippen LogP) is 2.38. The van der Waals surface area contributed by atoms with Crippen molar-refractivity contribution in [1.82, 2.24) is 4.98 Å². The van der Waals surface area contributed by atoms with Gasteiger partial charge in [-0.2, -0.15) is 0 Å². The number of carbonyl (C=O) groups excluding carboxylic acids is 1. The van der Waals surface area contributed by atoms with E-state index in [1.807, 2.05) is 0 Å². The second-order valence-electron chi connectivity index (χ2n) is 4.06. The minimum atomic E-state index is -0.529. The van der Waals surface area contributed by atoms with Crippen LogP contribution < -0.4 is 5.73 Å². The molecule has 0 aliphatic heterocycles. The van der Waals surface area contributed by atoms with Crippen LogP contribution in [0.1, 0.15) is 31.1 Å². The highest BCUT2D eigenvalue weighted by Gasteiger charge is 2.20. The van der Waals surface area contributed by atoms with Crippen molar-refractivity contribution in [3.63, 3.8) is 0 Å². The first-order chi connectivity index (χ1) is 6.81. The van der Waals surface area contributed by atoms with Crippen molar-refractivity contribution >= 4 is 27.6 Å². The van der Waals surface area contributed by atoms with Gasteiger partial charge in [0.1, 0.15) is 10.2 Å². The van der Waals surface area contributed by atoms with Gasteiger partial charge in [0.15, 0.2) is 0 Å². The number of hydrogen-bond donors (Lipinski definition) is 1. The summed E-state index contributed by atoms with van der Waals surface area (Å²) < 4.78 is 5.64. The molecule has 4 nitrogen and oxygen atoms in total. The number of pyridine rings is 1. The van der Waals surface area contributed by atoms with E-state index in [1.165, 1.54) is 12.3 Å². The molecule has 5 heteroatoms. The Morgan fingerprint density at radius 3 is 2.67 bits per heavy atom. The fourth-order valence-electron chi connectivity index (χ4n) is 0.959. The van der Waals surface area contributed by atoms with Gasteiger partial charge < -0.3 is 10.5 Å². The molecule has 0 bridgehead atoms. The molecule has 0 radical (unpaired) electrons. The van der Waals surface area contributed by atoms with Crippen molar-refractivity contribution in [2.75, 3.05) is 5.73 Å². The third-order valence-corrected chi connectivity index (χ3v) is 2.19. The van der Waals surface area contributed by atoms with Crippen molar-refractivity contribution in [3.05, 3.63) is 22.4 Å². The minimum Gasteiger partial charge on any atom is -0.456 e. The molecule has 0 aliphatic carbocycles. The van der Waals surface area contributed by atoms with Gasteiger partial charge >= 0.3 is 5.97 Å². The lowest BCUT2D eigenvalue weighted by Crippen LogP contribution is -2.24. The van der Waals surface area contributed by atoms with E-state index in [1.54, 1.807) is 20.8 Å². The molecule has 0 saturated carbocycles. The highest BCUT2D eigenvalue weighted by molar-refractivity contribution is 9.10. The van der Waals surface area contributed by atoms with E-state index in [2.05, 4.69) is 20.9 Å². The standard InChI is InChI=1S/C10H13BrN2O2/c1-10(2,3)15-9(14)6-4-5-13-8(11)7(6)12/h4-5H,12H2,1-3H3. The molecule has 0 aliphatic rings. The van der Waals surface area contributed by atoms with Crippen molar-refractivity contribution in [1.29, 1.82) is 0 Å². The van der Waals surface area contributed by atoms with E-state index >= 15 is 0 Å². The smallest absolute Gasteiger partial charge is 0.340 e. The molecule has 2 N–H and O–H groups in total. The summed E-state index contributed by atoms with van der Waals surface area (Å²) in [5.74, 6) is -0.442. The van der Waals surface area contributed by atoms with Gasteiger partial charge in [-0.3, -0.25) is 0 Å². The van der Waals surface area contributed by atoms with Gasteiger partial charge in [-0.1, -0.05) is 0 Å². The van der Waals surface area contributed by atoms with Crippen LogP contribution in [0.25, 0.3) is 0 Å². The summed E-state index contributed by atoms with van der Waals surface area (Å²) >= 11 is 3.15. The van der Waals surface area contributed by atoms with E-state index in [-0.39, 0.29) is 0 Å². The highest BCUT2D eigenvalue weighted by atomic mass is 79.9. The van der Waals surface area contributed by atoms with Crippen molar-refractivity contribution in [3.8, 4) is 0 Å². The minimum absolute atomic E-state index is 0.298. The first kappa shape index (κ1) is 12.0. The lowest BCUT2D eigenvalue weighted by atomic mass is 10.2. The molecular weight excluding hydrogens is 260 g/mol. The number of carbonyl (C=O) groups is 1. The molecular formula is C10H13BrN2O2. The average Bonchev–Trinajstić information content (AvgIpc) is 2.06. The number of nitrogen functional groups attached to an aromatic ring is 1. The second-order valence-corrected chi connectivity index (χ2v) is 4.82. The van der Waals surface area contributed by atoms with Crippen LogP contribution >= 0.6 is 15.9 Å². The van der Waals surface area contributed by atoms with Crippen molar-refractivity contribution in [2.45, 2.75) is 26.4 Å². The summed E-state index contributed by atoms with van der Waals surface area (Å²) in [6.45, 7) is 5.41. The summed E-state index contributed by atoms with van der Waals surface area (Å²) in [5.41, 5.74) is 5.79. The molecule has 0 spiro atoms. The number of halogens is 1. The van der Waals surface area contributed by atoms with Gasteiger partial charge in [0.05, 0.1) is 11.3 Å². The van der Waals surface area contributed by atoms with Crippen LogP contribution in [0.15, 0.2) is 16.9 Å². The van der Waals surface area contributed by atoms with Crippen LogP contribution in [0, 0.1) is 0 Å². The van der Waals surface area contributed by atoms with E-state index in [0.29, 0.717) is 15.9 Å². The number of nitrogens with two attached hydrogens (primary N) is 1. The van der Waals surface area contributed by atoms with Crippen LogP contribution in [-0.2, 0) is 4.74 Å². The zero-order valence-electron chi connectivity index (χ0n) is 8.87. The van der Waals surface area contributed by atoms with Gasteiger partial charge in [0.25, 0.3) is 0 Å². The fourth-order valence-corrected chi connectivity index (χ4v) is 1.29. The maximum atomic E-state index is 11.7. The summed E-state index contributed by atoms with van der Waals surface area (Å²) in [7, 11) is 0. The molecule has 1 heterocycles. The number of rotatable bonds is 1. The molecule has 1 aromatic rings. The van der Waals surface area contributed by atoms with Crippen LogP contribution in [0.3, 0.4) is 0 Å². The van der Waals surface area contributed by atoms with Crippen LogP contribution in [0.2, 0.25) is 0 Å². The number of nitrogens with zero attached hydrogens (tertiary/aromatic N) is 1. The van der Waals surface area contributed by atoms with E-state index in [0.717, 1.165) is 0 Å². The Kier molecular flexibility index (Phi) is 3.34. The maximum absolute atomic E-state index is 11.7. The van der Waals surface area contributed by atoms with Crippen molar-refractivity contribution in [2.24, 2.45) is 0 Å². The molecule has 0 atom stereocenters. The van der Waals surface area contributed by atoms with E-state index in [4.69, 9.17) is 10.5 Å². The van der Waals surface area contributed by atoms with Crippen molar-refractivity contribution < 1.29 is 9.53 Å². The zero-order chi connectivity index (χ0) is 11.6. The molecule has 0 amide bonds. The van der Waals surface area contributed by atoms with E-state index < -0.39 is 11.6 Å². The first-order valence-electron chi connectivity index (χ1n) is 4.44. The first-order valence-corrected chi connectivity index (χ1v) is 5.24. The quantitative estimate of drug-likeness (QED) is 0.630. The third kappa shape index (κ3) is 3.20. The zero-order valence-corrected chi connectivity index (χ0v) is 10.5. The number of ether oxygens (including phenoxy) is 1. The lowest BCUT2D eigenvalue weighted by Gasteiger charge is -2.20. The largest absolute Gasteiger partial charge is 0.456 e. The predicted molar refractivity (Wildman–Crippen MR) is 61.5 cm³/mol. The normalized spacial score (nSPS) is 11.2. The molecule has 0 unspecified atom stereocenters. The second kappa shape index (κ2) is 4.18. The Balaban J connectivity index is 2.97. The molecule has 1 aromatic heterocycles. The van der Waals surface area contributed by atoms with Crippen LogP contribution in [0.4, 0.5) is 5.69 Å². The van der Waals surface area contributed by atoms with Crippen LogP contribution in [-0.4, -0.2) is 16.6 Å². The average molecular weight is 273 g/mol. The molecule has 1 rings (SSSR count). The summed E-state index contributed by atoms with van der Waals surface area (Å²) in [6.07, 6.45) is 1.50. The number of esters is 1. The Labute approximate surface area is 97.0 Å². The van der Waals surface area contributed by atoms with E-state index in [9.17, 15) is 4.79 Å². The molecule has 82 valence electrons. The molecule has 15 heavy (non-hydrogen) atoms. The van der Waals surface area contributed by atoms with Gasteiger partial charge in [0.2, 0.25) is 0 Å². The third-order valence-electron chi connectivity index (χ3n) is 1.56. The Hall–Kier alpha value is -1.10. The number of aromatic nitrogens is 1. The van der Waals surface area contributed by atoms with Crippen LogP contribution in [0.5, 0.6) is 0 Å². The summed E-state index contributed by atoms with van der Waals surface area (Å²) in [5, 5.41) is 0. The molecule has 0 fully saturated rings. The Bertz CT molecular complexity index is 385. The maximum Gasteiger partial charge on any atom is 0.340 e. The SMILES string of the molecule is CC(C)(C)OC(=O)c1ccnc(Br)c1N. The van der Waals surface area contributed by atoms with Gasteiger partial charge in [-0.25, -0.2) is 9.78 Å². The Morgan fingerprint density at radius 2 is 2.13 bits per heavy atom. The van der Waals surface area contributed by atoms with Gasteiger partial charge in [-0.15, -0.1) is 0 Å². The fraction of sp³-hybridized carbons (Fsp3) is 0.400. The van der Waals surface area contributed by atoms with Gasteiger partial charge in [-0.05, 0) is 42.8 Å². The summed E-state index contributed by atoms with van der Waals surface area (Å²) in [6, 6.07) is 1.54. The Morgan fingerprint density at radius 1 is 1.53 bits per heavy atom.